The Morgan fingerprint density at radius 1 is 1.30 bits per heavy atom. The second kappa shape index (κ2) is 8.24. The lowest BCUT2D eigenvalue weighted by Crippen LogP contribution is -2.38. The molecule has 0 saturated heterocycles. The third-order valence-electron chi connectivity index (χ3n) is 4.04. The molecule has 1 amide bonds. The Labute approximate surface area is 134 Å². The van der Waals surface area contributed by atoms with E-state index < -0.39 is 18.6 Å². The van der Waals surface area contributed by atoms with Crippen LogP contribution in [0.2, 0.25) is 0 Å². The molecule has 128 valence electrons. The number of amides is 1. The molecule has 1 aromatic carbocycles. The van der Waals surface area contributed by atoms with Crippen LogP contribution in [0.4, 0.5) is 8.78 Å². The van der Waals surface area contributed by atoms with Gasteiger partial charge in [0.2, 0.25) is 5.91 Å². The van der Waals surface area contributed by atoms with Crippen LogP contribution in [-0.2, 0) is 11.3 Å². The average Bonchev–Trinajstić information content (AvgIpc) is 2.52. The van der Waals surface area contributed by atoms with Crippen molar-refractivity contribution >= 4 is 5.91 Å². The van der Waals surface area contributed by atoms with Gasteiger partial charge < -0.3 is 15.2 Å². The summed E-state index contributed by atoms with van der Waals surface area (Å²) in [7, 11) is 0. The molecule has 0 aromatic heterocycles. The van der Waals surface area contributed by atoms with Gasteiger partial charge in [0, 0.05) is 6.54 Å². The molecule has 4 nitrogen and oxygen atoms in total. The van der Waals surface area contributed by atoms with E-state index in [-0.39, 0.29) is 18.9 Å². The maximum Gasteiger partial charge on any atom is 0.272 e. The van der Waals surface area contributed by atoms with Gasteiger partial charge in [0.05, 0.1) is 12.0 Å². The summed E-state index contributed by atoms with van der Waals surface area (Å²) in [6.07, 6.45) is 1.92. The summed E-state index contributed by atoms with van der Waals surface area (Å²) in [5.41, 5.74) is -0.120. The molecular weight excluding hydrogens is 304 g/mol. The van der Waals surface area contributed by atoms with Gasteiger partial charge in [-0.05, 0) is 30.5 Å². The van der Waals surface area contributed by atoms with Crippen LogP contribution < -0.4 is 10.1 Å². The number of hydrogen-bond donors (Lipinski definition) is 2. The maximum atomic E-state index is 12.1. The first kappa shape index (κ1) is 17.7. The molecule has 1 aliphatic rings. The highest BCUT2D eigenvalue weighted by atomic mass is 19.3. The molecule has 0 aliphatic heterocycles. The van der Waals surface area contributed by atoms with Crippen LogP contribution in [0, 0.1) is 0 Å². The standard InChI is InChI=1S/C17H23F2NO3/c18-15(19)12-23-14-6-4-5-13(9-14)11-20-16(21)10-17(22)7-2-1-3-8-17/h4-6,9,15,22H,1-3,7-8,10-12H2,(H,20,21). The molecule has 0 unspecified atom stereocenters. The minimum Gasteiger partial charge on any atom is -0.488 e. The van der Waals surface area contributed by atoms with Crippen molar-refractivity contribution in [1.82, 2.24) is 5.32 Å². The van der Waals surface area contributed by atoms with Crippen LogP contribution in [0.1, 0.15) is 44.1 Å². The first-order valence-electron chi connectivity index (χ1n) is 7.96. The molecule has 1 fully saturated rings. The van der Waals surface area contributed by atoms with E-state index in [1.165, 1.54) is 0 Å². The summed E-state index contributed by atoms with van der Waals surface area (Å²) in [6, 6.07) is 6.69. The van der Waals surface area contributed by atoms with Crippen molar-refractivity contribution in [3.05, 3.63) is 29.8 Å². The van der Waals surface area contributed by atoms with Crippen LogP contribution >= 0.6 is 0 Å². The Morgan fingerprint density at radius 2 is 2.04 bits per heavy atom. The molecule has 6 heteroatoms. The Kier molecular flexibility index (Phi) is 6.33. The molecule has 0 spiro atoms. The summed E-state index contributed by atoms with van der Waals surface area (Å²) in [5, 5.41) is 13.1. The van der Waals surface area contributed by atoms with E-state index >= 15 is 0 Å². The van der Waals surface area contributed by atoms with Gasteiger partial charge in [0.1, 0.15) is 12.4 Å². The number of halogens is 2. The van der Waals surface area contributed by atoms with Gasteiger partial charge in [-0.3, -0.25) is 4.79 Å². The van der Waals surface area contributed by atoms with Crippen molar-refractivity contribution in [2.24, 2.45) is 0 Å². The van der Waals surface area contributed by atoms with E-state index in [9.17, 15) is 18.7 Å². The Hall–Kier alpha value is -1.69. The van der Waals surface area contributed by atoms with Gasteiger partial charge in [-0.1, -0.05) is 31.4 Å². The summed E-state index contributed by atoms with van der Waals surface area (Å²) in [4.78, 5) is 12.0. The highest BCUT2D eigenvalue weighted by Gasteiger charge is 2.31. The number of benzene rings is 1. The maximum absolute atomic E-state index is 12.1. The van der Waals surface area contributed by atoms with Gasteiger partial charge >= 0.3 is 0 Å². The minimum atomic E-state index is -2.52. The van der Waals surface area contributed by atoms with E-state index in [1.807, 2.05) is 0 Å². The van der Waals surface area contributed by atoms with Gasteiger partial charge in [-0.25, -0.2) is 8.78 Å². The first-order chi connectivity index (χ1) is 11.0. The number of rotatable bonds is 7. The van der Waals surface area contributed by atoms with Crippen molar-refractivity contribution in [2.45, 2.75) is 57.1 Å². The smallest absolute Gasteiger partial charge is 0.272 e. The van der Waals surface area contributed by atoms with Gasteiger partial charge in [0.25, 0.3) is 6.43 Å². The zero-order chi connectivity index (χ0) is 16.7. The van der Waals surface area contributed by atoms with Crippen LogP contribution in [0.15, 0.2) is 24.3 Å². The number of aliphatic hydroxyl groups is 1. The lowest BCUT2D eigenvalue weighted by atomic mass is 9.82. The fourth-order valence-corrected chi connectivity index (χ4v) is 2.85. The molecule has 0 atom stereocenters. The average molecular weight is 327 g/mol. The molecule has 2 rings (SSSR count). The normalized spacial score (nSPS) is 17.0. The molecular formula is C17H23F2NO3. The number of carbonyl (C=O) groups excluding carboxylic acids is 1. The number of ether oxygens (including phenoxy) is 1. The van der Waals surface area contributed by atoms with Gasteiger partial charge in [0.15, 0.2) is 0 Å². The van der Waals surface area contributed by atoms with E-state index in [2.05, 4.69) is 5.32 Å². The largest absolute Gasteiger partial charge is 0.488 e. The van der Waals surface area contributed by atoms with Crippen molar-refractivity contribution in [3.8, 4) is 5.75 Å². The van der Waals surface area contributed by atoms with E-state index in [1.54, 1.807) is 24.3 Å². The molecule has 2 N–H and O–H groups in total. The molecule has 23 heavy (non-hydrogen) atoms. The van der Waals surface area contributed by atoms with Crippen LogP contribution in [0.25, 0.3) is 0 Å². The molecule has 1 aliphatic carbocycles. The fraction of sp³-hybridized carbons (Fsp3) is 0.588. The Bertz CT molecular complexity index is 516. The van der Waals surface area contributed by atoms with Gasteiger partial charge in [-0.2, -0.15) is 0 Å². The topological polar surface area (TPSA) is 58.6 Å². The number of nitrogens with one attached hydrogen (secondary N) is 1. The van der Waals surface area contributed by atoms with Gasteiger partial charge in [-0.15, -0.1) is 0 Å². The highest BCUT2D eigenvalue weighted by molar-refractivity contribution is 5.77. The van der Waals surface area contributed by atoms with Crippen LogP contribution in [0.5, 0.6) is 5.75 Å². The van der Waals surface area contributed by atoms with Crippen molar-refractivity contribution in [1.29, 1.82) is 0 Å². The van der Waals surface area contributed by atoms with E-state index in [0.717, 1.165) is 24.8 Å². The lowest BCUT2D eigenvalue weighted by molar-refractivity contribution is -0.127. The third kappa shape index (κ3) is 6.14. The summed E-state index contributed by atoms with van der Waals surface area (Å²) >= 11 is 0. The zero-order valence-electron chi connectivity index (χ0n) is 13.1. The Balaban J connectivity index is 1.80. The Morgan fingerprint density at radius 3 is 2.74 bits per heavy atom. The predicted molar refractivity (Wildman–Crippen MR) is 82.4 cm³/mol. The van der Waals surface area contributed by atoms with Crippen molar-refractivity contribution in [2.75, 3.05) is 6.61 Å². The molecule has 1 saturated carbocycles. The molecule has 0 heterocycles. The molecule has 1 aromatic rings. The highest BCUT2D eigenvalue weighted by Crippen LogP contribution is 2.30. The number of hydrogen-bond acceptors (Lipinski definition) is 3. The second-order valence-electron chi connectivity index (χ2n) is 6.09. The lowest BCUT2D eigenvalue weighted by Gasteiger charge is -2.31. The van der Waals surface area contributed by atoms with Crippen molar-refractivity contribution in [3.63, 3.8) is 0 Å². The third-order valence-corrected chi connectivity index (χ3v) is 4.04. The van der Waals surface area contributed by atoms with Crippen LogP contribution in [-0.4, -0.2) is 29.6 Å². The summed E-state index contributed by atoms with van der Waals surface area (Å²) in [5.74, 6) is 0.149. The monoisotopic (exact) mass is 327 g/mol. The fourth-order valence-electron chi connectivity index (χ4n) is 2.85. The SMILES string of the molecule is O=C(CC1(O)CCCCC1)NCc1cccc(OCC(F)F)c1. The first-order valence-corrected chi connectivity index (χ1v) is 7.96. The quantitative estimate of drug-likeness (QED) is 0.809. The number of alkyl halides is 2. The van der Waals surface area contributed by atoms with Crippen LogP contribution in [0.3, 0.4) is 0 Å². The predicted octanol–water partition coefficient (Wildman–Crippen LogP) is 3.03. The van der Waals surface area contributed by atoms with Crippen molar-refractivity contribution < 1.29 is 23.4 Å². The second-order valence-corrected chi connectivity index (χ2v) is 6.09. The molecule has 0 radical (unpaired) electrons. The summed E-state index contributed by atoms with van der Waals surface area (Å²) < 4.78 is 29.2. The van der Waals surface area contributed by atoms with E-state index in [4.69, 9.17) is 4.74 Å². The minimum absolute atomic E-state index is 0.106. The zero-order valence-corrected chi connectivity index (χ0v) is 13.1. The van der Waals surface area contributed by atoms with E-state index in [0.29, 0.717) is 18.6 Å². The number of carbonyl (C=O) groups is 1. The molecule has 0 bridgehead atoms. The summed E-state index contributed by atoms with van der Waals surface area (Å²) in [6.45, 7) is -0.371.